The average Bonchev–Trinajstić information content (AvgIpc) is 3.27. The Labute approximate surface area is 157 Å². The average molecular weight is 369 g/mol. The van der Waals surface area contributed by atoms with Gasteiger partial charge in [-0.2, -0.15) is 0 Å². The molecule has 2 aromatic carbocycles. The molecule has 1 aliphatic rings. The molecule has 134 valence electrons. The van der Waals surface area contributed by atoms with Crippen LogP contribution in [0.5, 0.6) is 0 Å². The largest absolute Gasteiger partial charge is 0.352 e. The second kappa shape index (κ2) is 7.09. The van der Waals surface area contributed by atoms with Crippen LogP contribution in [0, 0.1) is 5.92 Å². The van der Waals surface area contributed by atoms with E-state index >= 15 is 0 Å². The number of carbonyl (C=O) groups is 1. The number of hydrogen-bond donors (Lipinski definition) is 2. The van der Waals surface area contributed by atoms with Gasteiger partial charge in [0.25, 0.3) is 0 Å². The maximum absolute atomic E-state index is 12.3. The number of imidazole rings is 1. The van der Waals surface area contributed by atoms with Gasteiger partial charge in [0.1, 0.15) is 6.33 Å². The van der Waals surface area contributed by atoms with Crippen molar-refractivity contribution in [3.05, 3.63) is 59.4 Å². The van der Waals surface area contributed by atoms with Crippen LogP contribution in [0.1, 0.15) is 18.9 Å². The van der Waals surface area contributed by atoms with E-state index in [0.717, 1.165) is 35.2 Å². The van der Waals surface area contributed by atoms with Crippen LogP contribution in [-0.2, 0) is 11.3 Å². The molecular formula is C20H21ClN4O. The SMILES string of the molecule is CC1CC(C(=O)NCc2ccc(-n3cnc4ccccc43)cc2Cl)CN1. The van der Waals surface area contributed by atoms with E-state index < -0.39 is 0 Å². The molecule has 2 heterocycles. The lowest BCUT2D eigenvalue weighted by Crippen LogP contribution is -2.31. The molecule has 6 heteroatoms. The Morgan fingerprint density at radius 2 is 2.19 bits per heavy atom. The fraction of sp³-hybridized carbons (Fsp3) is 0.300. The predicted molar refractivity (Wildman–Crippen MR) is 103 cm³/mol. The Bertz CT molecular complexity index is 952. The molecule has 0 spiro atoms. The summed E-state index contributed by atoms with van der Waals surface area (Å²) in [6, 6.07) is 14.2. The van der Waals surface area contributed by atoms with Crippen LogP contribution in [0.2, 0.25) is 5.02 Å². The summed E-state index contributed by atoms with van der Waals surface area (Å²) in [6.45, 7) is 3.28. The molecule has 0 aliphatic carbocycles. The van der Waals surface area contributed by atoms with Gasteiger partial charge in [-0.1, -0.05) is 29.8 Å². The van der Waals surface area contributed by atoms with Crippen LogP contribution in [0.3, 0.4) is 0 Å². The highest BCUT2D eigenvalue weighted by Crippen LogP contribution is 2.24. The molecule has 0 radical (unpaired) electrons. The highest BCUT2D eigenvalue weighted by atomic mass is 35.5. The summed E-state index contributed by atoms with van der Waals surface area (Å²) in [4.78, 5) is 16.7. The van der Waals surface area contributed by atoms with Crippen molar-refractivity contribution < 1.29 is 4.79 Å². The van der Waals surface area contributed by atoms with Gasteiger partial charge in [0.15, 0.2) is 0 Å². The van der Waals surface area contributed by atoms with Gasteiger partial charge in [0.2, 0.25) is 5.91 Å². The van der Waals surface area contributed by atoms with Gasteiger partial charge in [-0.3, -0.25) is 9.36 Å². The lowest BCUT2D eigenvalue weighted by atomic mass is 10.1. The van der Waals surface area contributed by atoms with Crippen LogP contribution in [0.4, 0.5) is 0 Å². The summed E-state index contributed by atoms with van der Waals surface area (Å²) in [6.07, 6.45) is 2.68. The van der Waals surface area contributed by atoms with Crippen LogP contribution >= 0.6 is 11.6 Å². The normalized spacial score (nSPS) is 19.8. The molecule has 2 unspecified atom stereocenters. The molecule has 2 atom stereocenters. The second-order valence-electron chi connectivity index (χ2n) is 6.84. The Morgan fingerprint density at radius 3 is 2.96 bits per heavy atom. The lowest BCUT2D eigenvalue weighted by Gasteiger charge is -2.12. The number of benzene rings is 2. The van der Waals surface area contributed by atoms with Crippen molar-refractivity contribution >= 4 is 28.5 Å². The highest BCUT2D eigenvalue weighted by Gasteiger charge is 2.26. The van der Waals surface area contributed by atoms with Crippen molar-refractivity contribution in [3.8, 4) is 5.69 Å². The lowest BCUT2D eigenvalue weighted by molar-refractivity contribution is -0.124. The number of rotatable bonds is 4. The van der Waals surface area contributed by atoms with E-state index in [1.54, 1.807) is 6.33 Å². The van der Waals surface area contributed by atoms with Gasteiger partial charge in [0, 0.05) is 29.8 Å². The Balaban J connectivity index is 1.49. The summed E-state index contributed by atoms with van der Waals surface area (Å²) in [7, 11) is 0. The van der Waals surface area contributed by atoms with Gasteiger partial charge >= 0.3 is 0 Å². The van der Waals surface area contributed by atoms with E-state index in [4.69, 9.17) is 11.6 Å². The second-order valence-corrected chi connectivity index (χ2v) is 7.25. The van der Waals surface area contributed by atoms with Crippen LogP contribution in [0.15, 0.2) is 48.8 Å². The number of amides is 1. The van der Waals surface area contributed by atoms with Gasteiger partial charge in [-0.05, 0) is 43.2 Å². The molecule has 5 nitrogen and oxygen atoms in total. The Morgan fingerprint density at radius 1 is 1.35 bits per heavy atom. The number of hydrogen-bond acceptors (Lipinski definition) is 3. The smallest absolute Gasteiger partial charge is 0.224 e. The minimum atomic E-state index is 0.0420. The molecule has 1 amide bonds. The first-order valence-electron chi connectivity index (χ1n) is 8.84. The number of fused-ring (bicyclic) bond motifs is 1. The number of aromatic nitrogens is 2. The standard InChI is InChI=1S/C20H21ClN4O/c1-13-8-15(11-22-13)20(26)23-10-14-6-7-16(9-17(14)21)25-12-24-18-4-2-3-5-19(18)25/h2-7,9,12-13,15,22H,8,10-11H2,1H3,(H,23,26). The van der Waals surface area contributed by atoms with E-state index in [1.165, 1.54) is 0 Å². The fourth-order valence-electron chi connectivity index (χ4n) is 3.46. The molecule has 0 saturated carbocycles. The first kappa shape index (κ1) is 17.1. The number of para-hydroxylation sites is 2. The molecule has 26 heavy (non-hydrogen) atoms. The van der Waals surface area contributed by atoms with Crippen LogP contribution in [-0.4, -0.2) is 28.0 Å². The topological polar surface area (TPSA) is 59.0 Å². The third-order valence-corrected chi connectivity index (χ3v) is 5.29. The minimum Gasteiger partial charge on any atom is -0.352 e. The minimum absolute atomic E-state index is 0.0420. The monoisotopic (exact) mass is 368 g/mol. The summed E-state index contributed by atoms with van der Waals surface area (Å²) < 4.78 is 2.01. The first-order chi connectivity index (χ1) is 12.6. The maximum atomic E-state index is 12.3. The fourth-order valence-corrected chi connectivity index (χ4v) is 3.70. The van der Waals surface area contributed by atoms with E-state index in [1.807, 2.05) is 47.0 Å². The molecular weight excluding hydrogens is 348 g/mol. The zero-order valence-corrected chi connectivity index (χ0v) is 15.3. The number of nitrogens with one attached hydrogen (secondary N) is 2. The predicted octanol–water partition coefficient (Wildman–Crippen LogP) is 3.29. The number of halogens is 1. The molecule has 1 fully saturated rings. The third-order valence-electron chi connectivity index (χ3n) is 4.94. The molecule has 2 N–H and O–H groups in total. The number of carbonyl (C=O) groups excluding carboxylic acids is 1. The van der Waals surface area contributed by atoms with E-state index in [2.05, 4.69) is 22.5 Å². The van der Waals surface area contributed by atoms with Crippen molar-refractivity contribution in [2.75, 3.05) is 6.54 Å². The maximum Gasteiger partial charge on any atom is 0.224 e. The number of nitrogens with zero attached hydrogens (tertiary/aromatic N) is 2. The van der Waals surface area contributed by atoms with Gasteiger partial charge in [0.05, 0.1) is 17.0 Å². The molecule has 1 aliphatic heterocycles. The van der Waals surface area contributed by atoms with Crippen molar-refractivity contribution in [3.63, 3.8) is 0 Å². The third kappa shape index (κ3) is 3.32. The summed E-state index contributed by atoms with van der Waals surface area (Å²) in [5.74, 6) is 0.128. The van der Waals surface area contributed by atoms with E-state index in [-0.39, 0.29) is 11.8 Å². The summed E-state index contributed by atoms with van der Waals surface area (Å²) in [5, 5.41) is 6.94. The van der Waals surface area contributed by atoms with Crippen molar-refractivity contribution in [2.24, 2.45) is 5.92 Å². The Kier molecular flexibility index (Phi) is 4.66. The molecule has 1 saturated heterocycles. The Hall–Kier alpha value is -2.37. The summed E-state index contributed by atoms with van der Waals surface area (Å²) >= 11 is 6.47. The zero-order valence-electron chi connectivity index (χ0n) is 14.6. The van der Waals surface area contributed by atoms with Gasteiger partial charge < -0.3 is 10.6 Å². The van der Waals surface area contributed by atoms with Crippen LogP contribution in [0.25, 0.3) is 16.7 Å². The summed E-state index contributed by atoms with van der Waals surface area (Å²) in [5.41, 5.74) is 3.84. The highest BCUT2D eigenvalue weighted by molar-refractivity contribution is 6.31. The van der Waals surface area contributed by atoms with Gasteiger partial charge in [-0.25, -0.2) is 4.98 Å². The molecule has 0 bridgehead atoms. The van der Waals surface area contributed by atoms with Crippen molar-refractivity contribution in [1.82, 2.24) is 20.2 Å². The van der Waals surface area contributed by atoms with Crippen LogP contribution < -0.4 is 10.6 Å². The molecule has 3 aromatic rings. The molecule has 1 aromatic heterocycles. The quantitative estimate of drug-likeness (QED) is 0.743. The van der Waals surface area contributed by atoms with Crippen molar-refractivity contribution in [2.45, 2.75) is 25.9 Å². The van der Waals surface area contributed by atoms with Crippen molar-refractivity contribution in [1.29, 1.82) is 0 Å². The molecule has 4 rings (SSSR count). The van der Waals surface area contributed by atoms with E-state index in [0.29, 0.717) is 17.6 Å². The first-order valence-corrected chi connectivity index (χ1v) is 9.21. The van der Waals surface area contributed by atoms with Gasteiger partial charge in [-0.15, -0.1) is 0 Å². The van der Waals surface area contributed by atoms with E-state index in [9.17, 15) is 4.79 Å². The zero-order chi connectivity index (χ0) is 18.1.